The van der Waals surface area contributed by atoms with Crippen molar-refractivity contribution in [1.29, 1.82) is 0 Å². The van der Waals surface area contributed by atoms with Crippen LogP contribution >= 0.6 is 11.3 Å². The van der Waals surface area contributed by atoms with Crippen LogP contribution in [-0.2, 0) is 6.54 Å². The van der Waals surface area contributed by atoms with Crippen LogP contribution in [0.2, 0.25) is 0 Å². The monoisotopic (exact) mass is 282 g/mol. The number of carbonyl (C=O) groups is 1. The van der Waals surface area contributed by atoms with Crippen LogP contribution in [0.5, 0.6) is 0 Å². The van der Waals surface area contributed by atoms with Crippen LogP contribution in [-0.4, -0.2) is 42.2 Å². The number of carboxylic acids is 1. The number of rotatable bonds is 6. The number of aromatic carboxylic acids is 1. The molecule has 0 unspecified atom stereocenters. The number of likely N-dealkylation sites (N-methyl/N-ethyl adjacent to an activating group) is 1. The first-order valence-electron chi connectivity index (χ1n) is 6.74. The second-order valence-corrected chi connectivity index (χ2v) is 6.67. The summed E-state index contributed by atoms with van der Waals surface area (Å²) < 4.78 is 0. The van der Waals surface area contributed by atoms with Crippen LogP contribution in [0.3, 0.4) is 0 Å². The van der Waals surface area contributed by atoms with E-state index in [0.29, 0.717) is 4.88 Å². The minimum absolute atomic E-state index is 0.285. The van der Waals surface area contributed by atoms with Gasteiger partial charge in [0, 0.05) is 23.5 Å². The van der Waals surface area contributed by atoms with Gasteiger partial charge in [-0.1, -0.05) is 12.8 Å². The Morgan fingerprint density at radius 3 is 2.63 bits per heavy atom. The molecule has 0 radical (unpaired) electrons. The molecule has 4 nitrogen and oxygen atoms in total. The maximum atomic E-state index is 10.8. The summed E-state index contributed by atoms with van der Waals surface area (Å²) in [4.78, 5) is 14.7. The average molecular weight is 282 g/mol. The van der Waals surface area contributed by atoms with Gasteiger partial charge in [0.2, 0.25) is 0 Å². The van der Waals surface area contributed by atoms with Gasteiger partial charge in [0.25, 0.3) is 0 Å². The Bertz CT molecular complexity index is 436. The van der Waals surface area contributed by atoms with Crippen molar-refractivity contribution >= 4 is 17.3 Å². The number of nitrogens with one attached hydrogen (secondary N) is 1. The fourth-order valence-corrected chi connectivity index (χ4v) is 3.64. The van der Waals surface area contributed by atoms with Crippen molar-refractivity contribution in [2.75, 3.05) is 20.6 Å². The van der Waals surface area contributed by atoms with E-state index >= 15 is 0 Å². The van der Waals surface area contributed by atoms with Gasteiger partial charge in [-0.3, -0.25) is 0 Å². The van der Waals surface area contributed by atoms with Gasteiger partial charge >= 0.3 is 5.97 Å². The maximum Gasteiger partial charge on any atom is 0.345 e. The van der Waals surface area contributed by atoms with Gasteiger partial charge in [0.15, 0.2) is 0 Å². The smallest absolute Gasteiger partial charge is 0.345 e. The Hall–Kier alpha value is -0.910. The molecule has 0 saturated heterocycles. The minimum atomic E-state index is -0.836. The third kappa shape index (κ3) is 3.35. The maximum absolute atomic E-state index is 10.8. The zero-order valence-corrected chi connectivity index (χ0v) is 12.4. The van der Waals surface area contributed by atoms with Gasteiger partial charge in [0.1, 0.15) is 4.88 Å². The zero-order valence-electron chi connectivity index (χ0n) is 11.6. The second-order valence-electron chi connectivity index (χ2n) is 5.50. The van der Waals surface area contributed by atoms with Gasteiger partial charge in [-0.2, -0.15) is 0 Å². The van der Waals surface area contributed by atoms with Crippen molar-refractivity contribution in [2.45, 2.75) is 37.8 Å². The first kappa shape index (κ1) is 14.5. The standard InChI is InChI=1S/C14H22N2O2S/c1-16(2)14(7-3-4-8-14)10-15-9-11-5-6-12(19-11)13(17)18/h5-6,15H,3-4,7-10H2,1-2H3,(H,17,18). The topological polar surface area (TPSA) is 52.6 Å². The van der Waals surface area contributed by atoms with Gasteiger partial charge in [-0.25, -0.2) is 4.79 Å². The van der Waals surface area contributed by atoms with Gasteiger partial charge in [0.05, 0.1) is 0 Å². The van der Waals surface area contributed by atoms with E-state index in [1.807, 2.05) is 6.07 Å². The SMILES string of the molecule is CN(C)C1(CNCc2ccc(C(=O)O)s2)CCCC1. The van der Waals surface area contributed by atoms with Crippen molar-refractivity contribution in [3.05, 3.63) is 21.9 Å². The van der Waals surface area contributed by atoms with Gasteiger partial charge < -0.3 is 15.3 Å². The molecule has 1 aliphatic carbocycles. The predicted molar refractivity (Wildman–Crippen MR) is 77.9 cm³/mol. The Morgan fingerprint density at radius 2 is 2.11 bits per heavy atom. The van der Waals surface area contributed by atoms with E-state index in [2.05, 4.69) is 24.3 Å². The largest absolute Gasteiger partial charge is 0.477 e. The summed E-state index contributed by atoms with van der Waals surface area (Å²) in [5.74, 6) is -0.836. The fourth-order valence-electron chi connectivity index (χ4n) is 2.82. The molecule has 1 aromatic heterocycles. The predicted octanol–water partition coefficient (Wildman–Crippen LogP) is 2.41. The second kappa shape index (κ2) is 6.03. The summed E-state index contributed by atoms with van der Waals surface area (Å²) in [6.45, 7) is 1.73. The average Bonchev–Trinajstić information content (AvgIpc) is 2.98. The van der Waals surface area contributed by atoms with Crippen molar-refractivity contribution in [2.24, 2.45) is 0 Å². The molecular weight excluding hydrogens is 260 g/mol. The molecule has 0 aromatic carbocycles. The van der Waals surface area contributed by atoms with E-state index in [1.165, 1.54) is 37.0 Å². The molecule has 2 N–H and O–H groups in total. The van der Waals surface area contributed by atoms with Crippen LogP contribution < -0.4 is 5.32 Å². The van der Waals surface area contributed by atoms with E-state index in [-0.39, 0.29) is 5.54 Å². The summed E-state index contributed by atoms with van der Waals surface area (Å²) in [5, 5.41) is 12.4. The molecule has 2 rings (SSSR count). The third-order valence-electron chi connectivity index (χ3n) is 4.11. The molecule has 0 amide bonds. The first-order valence-corrected chi connectivity index (χ1v) is 7.55. The van der Waals surface area contributed by atoms with E-state index < -0.39 is 5.97 Å². The van der Waals surface area contributed by atoms with Gasteiger partial charge in [-0.05, 0) is 39.1 Å². The van der Waals surface area contributed by atoms with E-state index in [9.17, 15) is 4.79 Å². The fraction of sp³-hybridized carbons (Fsp3) is 0.643. The lowest BCUT2D eigenvalue weighted by atomic mass is 9.96. The molecule has 0 atom stereocenters. The lowest BCUT2D eigenvalue weighted by Gasteiger charge is -2.36. The highest BCUT2D eigenvalue weighted by Crippen LogP contribution is 2.33. The van der Waals surface area contributed by atoms with Crippen molar-refractivity contribution in [1.82, 2.24) is 10.2 Å². The Morgan fingerprint density at radius 1 is 1.42 bits per heavy atom. The highest BCUT2D eigenvalue weighted by molar-refractivity contribution is 7.13. The van der Waals surface area contributed by atoms with Crippen LogP contribution in [0.25, 0.3) is 0 Å². The molecule has 0 aliphatic heterocycles. The molecule has 1 saturated carbocycles. The zero-order chi connectivity index (χ0) is 13.9. The molecule has 0 spiro atoms. The lowest BCUT2D eigenvalue weighted by Crippen LogP contribution is -2.49. The summed E-state index contributed by atoms with van der Waals surface area (Å²) in [7, 11) is 4.31. The Labute approximate surface area is 118 Å². The number of nitrogens with zero attached hydrogens (tertiary/aromatic N) is 1. The minimum Gasteiger partial charge on any atom is -0.477 e. The van der Waals surface area contributed by atoms with Gasteiger partial charge in [-0.15, -0.1) is 11.3 Å². The molecule has 0 bridgehead atoms. The van der Waals surface area contributed by atoms with Crippen molar-refractivity contribution in [3.8, 4) is 0 Å². The highest BCUT2D eigenvalue weighted by Gasteiger charge is 2.35. The van der Waals surface area contributed by atoms with Crippen LogP contribution in [0.4, 0.5) is 0 Å². The number of carboxylic acid groups (broad SMARTS) is 1. The van der Waals surface area contributed by atoms with Crippen molar-refractivity contribution in [3.63, 3.8) is 0 Å². The Kier molecular flexibility index (Phi) is 4.60. The van der Waals surface area contributed by atoms with E-state index in [0.717, 1.165) is 18.0 Å². The summed E-state index contributed by atoms with van der Waals surface area (Å²) in [5.41, 5.74) is 0.285. The number of hydrogen-bond acceptors (Lipinski definition) is 4. The molecule has 5 heteroatoms. The lowest BCUT2D eigenvalue weighted by molar-refractivity contribution is 0.0702. The summed E-state index contributed by atoms with van der Waals surface area (Å²) in [6.07, 6.45) is 5.11. The van der Waals surface area contributed by atoms with E-state index in [4.69, 9.17) is 5.11 Å². The first-order chi connectivity index (χ1) is 9.03. The molecule has 1 aromatic rings. The molecule has 1 heterocycles. The van der Waals surface area contributed by atoms with Crippen LogP contribution in [0.15, 0.2) is 12.1 Å². The van der Waals surface area contributed by atoms with Crippen LogP contribution in [0.1, 0.15) is 40.2 Å². The van der Waals surface area contributed by atoms with E-state index in [1.54, 1.807) is 6.07 Å². The quantitative estimate of drug-likeness (QED) is 0.841. The molecule has 1 fully saturated rings. The molecule has 19 heavy (non-hydrogen) atoms. The molecular formula is C14H22N2O2S. The normalized spacial score (nSPS) is 18.1. The van der Waals surface area contributed by atoms with Crippen molar-refractivity contribution < 1.29 is 9.90 Å². The summed E-state index contributed by atoms with van der Waals surface area (Å²) in [6, 6.07) is 3.58. The molecule has 106 valence electrons. The Balaban J connectivity index is 1.86. The number of thiophene rings is 1. The van der Waals surface area contributed by atoms with Crippen LogP contribution in [0, 0.1) is 0 Å². The summed E-state index contributed by atoms with van der Waals surface area (Å²) >= 11 is 1.36. The highest BCUT2D eigenvalue weighted by atomic mass is 32.1. The number of hydrogen-bond donors (Lipinski definition) is 2. The third-order valence-corrected chi connectivity index (χ3v) is 5.18. The molecule has 1 aliphatic rings.